The number of benzene rings is 2. The number of likely N-dealkylation sites (N-methyl/N-ethyl adjacent to an activating group) is 1. The fraction of sp³-hybridized carbons (Fsp3) is 0.273. The molecular formula is C22H23N3OS. The smallest absolute Gasteiger partial charge is 0.266 e. The van der Waals surface area contributed by atoms with Crippen LogP contribution >= 0.6 is 11.8 Å². The van der Waals surface area contributed by atoms with Crippen molar-refractivity contribution in [2.75, 3.05) is 25.0 Å². The highest BCUT2D eigenvalue weighted by Crippen LogP contribution is 2.34. The van der Waals surface area contributed by atoms with Crippen molar-refractivity contribution in [2.45, 2.75) is 19.8 Å². The molecule has 0 bridgehead atoms. The summed E-state index contributed by atoms with van der Waals surface area (Å²) in [5.41, 5.74) is 4.41. The van der Waals surface area contributed by atoms with Crippen LogP contribution in [0.4, 0.5) is 11.4 Å². The predicted molar refractivity (Wildman–Crippen MR) is 115 cm³/mol. The first-order valence-electron chi connectivity index (χ1n) is 9.29. The number of aliphatic imine (C=N–C) groups is 1. The van der Waals surface area contributed by atoms with Gasteiger partial charge in [0.15, 0.2) is 5.17 Å². The summed E-state index contributed by atoms with van der Waals surface area (Å²) < 4.78 is 0. The molecule has 0 N–H and O–H groups in total. The summed E-state index contributed by atoms with van der Waals surface area (Å²) in [5.74, 6) is -0.00213. The van der Waals surface area contributed by atoms with Crippen LogP contribution < -0.4 is 4.90 Å². The molecule has 4 rings (SSSR count). The van der Waals surface area contributed by atoms with Gasteiger partial charge >= 0.3 is 0 Å². The van der Waals surface area contributed by atoms with E-state index in [-0.39, 0.29) is 5.91 Å². The molecule has 0 radical (unpaired) electrons. The topological polar surface area (TPSA) is 35.9 Å². The zero-order chi connectivity index (χ0) is 18.8. The largest absolute Gasteiger partial charge is 0.372 e. The summed E-state index contributed by atoms with van der Waals surface area (Å²) in [6.07, 6.45) is 4.53. The molecule has 2 fully saturated rings. The van der Waals surface area contributed by atoms with Crippen LogP contribution in [0.3, 0.4) is 0 Å². The van der Waals surface area contributed by atoms with E-state index in [9.17, 15) is 4.79 Å². The number of carbonyl (C=O) groups excluding carboxylic acids is 1. The monoisotopic (exact) mass is 377 g/mol. The van der Waals surface area contributed by atoms with Gasteiger partial charge < -0.3 is 4.90 Å². The molecule has 0 atom stereocenters. The van der Waals surface area contributed by atoms with E-state index in [0.717, 1.165) is 24.3 Å². The number of aryl methyl sites for hydroxylation is 1. The lowest BCUT2D eigenvalue weighted by Gasteiger charge is -2.18. The van der Waals surface area contributed by atoms with Crippen LogP contribution in [0.1, 0.15) is 24.0 Å². The Labute approximate surface area is 164 Å². The average molecular weight is 378 g/mol. The number of anilines is 1. The molecule has 2 aliphatic heterocycles. The second-order valence-electron chi connectivity index (χ2n) is 6.94. The van der Waals surface area contributed by atoms with E-state index >= 15 is 0 Å². The van der Waals surface area contributed by atoms with Gasteiger partial charge in [0.2, 0.25) is 0 Å². The van der Waals surface area contributed by atoms with Crippen molar-refractivity contribution in [1.29, 1.82) is 0 Å². The zero-order valence-electron chi connectivity index (χ0n) is 15.7. The minimum absolute atomic E-state index is 0.00213. The van der Waals surface area contributed by atoms with Crippen molar-refractivity contribution in [1.82, 2.24) is 4.90 Å². The maximum atomic E-state index is 12.6. The molecule has 2 aromatic carbocycles. The van der Waals surface area contributed by atoms with Crippen LogP contribution in [0.25, 0.3) is 6.08 Å². The van der Waals surface area contributed by atoms with Crippen molar-refractivity contribution < 1.29 is 4.79 Å². The summed E-state index contributed by atoms with van der Waals surface area (Å²) in [4.78, 5) is 22.0. The Morgan fingerprint density at radius 3 is 2.52 bits per heavy atom. The third kappa shape index (κ3) is 3.78. The standard InChI is InChI=1S/C22H23N3OS/c1-16-14-19(25-12-6-7-13-25)11-10-17(16)15-20-21(26)24(2)22(27-20)23-18-8-4-3-5-9-18/h3-5,8-11,14-15H,6-7,12-13H2,1-2H3/b20-15-,23-22?. The average Bonchev–Trinajstić information content (AvgIpc) is 3.30. The van der Waals surface area contributed by atoms with Crippen molar-refractivity contribution in [3.63, 3.8) is 0 Å². The highest BCUT2D eigenvalue weighted by molar-refractivity contribution is 8.18. The minimum atomic E-state index is -0.00213. The number of rotatable bonds is 3. The van der Waals surface area contributed by atoms with Crippen LogP contribution in [0.2, 0.25) is 0 Å². The predicted octanol–water partition coefficient (Wildman–Crippen LogP) is 4.83. The Balaban J connectivity index is 1.58. The lowest BCUT2D eigenvalue weighted by atomic mass is 10.1. The van der Waals surface area contributed by atoms with E-state index in [1.165, 1.54) is 35.9 Å². The van der Waals surface area contributed by atoms with Crippen molar-refractivity contribution in [3.8, 4) is 0 Å². The molecule has 0 aliphatic carbocycles. The molecule has 0 spiro atoms. The number of hydrogen-bond donors (Lipinski definition) is 0. The number of hydrogen-bond acceptors (Lipinski definition) is 4. The number of para-hydroxylation sites is 1. The first-order chi connectivity index (χ1) is 13.1. The molecule has 0 saturated carbocycles. The second kappa shape index (κ2) is 7.61. The first-order valence-corrected chi connectivity index (χ1v) is 10.1. The quantitative estimate of drug-likeness (QED) is 0.719. The highest BCUT2D eigenvalue weighted by atomic mass is 32.2. The summed E-state index contributed by atoms with van der Waals surface area (Å²) in [6.45, 7) is 4.38. The summed E-state index contributed by atoms with van der Waals surface area (Å²) >= 11 is 1.43. The Bertz CT molecular complexity index is 914. The summed E-state index contributed by atoms with van der Waals surface area (Å²) in [5, 5.41) is 0.712. The lowest BCUT2D eigenvalue weighted by molar-refractivity contribution is -0.121. The Morgan fingerprint density at radius 2 is 1.81 bits per heavy atom. The molecule has 2 aromatic rings. The normalized spacial score (nSPS) is 20.3. The first kappa shape index (κ1) is 17.9. The third-order valence-corrected chi connectivity index (χ3v) is 6.06. The Hall–Kier alpha value is -2.53. The lowest BCUT2D eigenvalue weighted by Crippen LogP contribution is -2.23. The molecule has 138 valence electrons. The van der Waals surface area contributed by atoms with E-state index in [0.29, 0.717) is 10.1 Å². The van der Waals surface area contributed by atoms with Crippen LogP contribution in [-0.2, 0) is 4.79 Å². The van der Waals surface area contributed by atoms with Gasteiger partial charge in [-0.05, 0) is 73.0 Å². The Kier molecular flexibility index (Phi) is 5.03. The molecule has 1 amide bonds. The van der Waals surface area contributed by atoms with E-state index in [4.69, 9.17) is 0 Å². The van der Waals surface area contributed by atoms with Crippen molar-refractivity contribution >= 4 is 40.3 Å². The molecule has 2 heterocycles. The van der Waals surface area contributed by atoms with Gasteiger partial charge in [-0.1, -0.05) is 24.3 Å². The molecule has 5 heteroatoms. The molecular weight excluding hydrogens is 354 g/mol. The van der Waals surface area contributed by atoms with Crippen LogP contribution in [0.15, 0.2) is 58.4 Å². The van der Waals surface area contributed by atoms with E-state index in [1.807, 2.05) is 36.4 Å². The maximum absolute atomic E-state index is 12.6. The van der Waals surface area contributed by atoms with E-state index in [1.54, 1.807) is 11.9 Å². The summed E-state index contributed by atoms with van der Waals surface area (Å²) in [7, 11) is 1.78. The van der Waals surface area contributed by atoms with Gasteiger partial charge in [0.1, 0.15) is 0 Å². The number of carbonyl (C=O) groups is 1. The molecule has 0 aromatic heterocycles. The van der Waals surface area contributed by atoms with Gasteiger partial charge in [0.05, 0.1) is 10.6 Å². The van der Waals surface area contributed by atoms with Gasteiger partial charge in [0.25, 0.3) is 5.91 Å². The fourth-order valence-electron chi connectivity index (χ4n) is 3.40. The van der Waals surface area contributed by atoms with Crippen LogP contribution in [0, 0.1) is 6.92 Å². The Morgan fingerprint density at radius 1 is 1.07 bits per heavy atom. The molecule has 4 nitrogen and oxygen atoms in total. The van der Waals surface area contributed by atoms with Crippen LogP contribution in [0.5, 0.6) is 0 Å². The van der Waals surface area contributed by atoms with Gasteiger partial charge in [-0.15, -0.1) is 0 Å². The van der Waals surface area contributed by atoms with Gasteiger partial charge in [-0.3, -0.25) is 9.69 Å². The minimum Gasteiger partial charge on any atom is -0.372 e. The van der Waals surface area contributed by atoms with E-state index < -0.39 is 0 Å². The number of amidine groups is 1. The molecule has 0 unspecified atom stereocenters. The summed E-state index contributed by atoms with van der Waals surface area (Å²) in [6, 6.07) is 16.2. The molecule has 2 saturated heterocycles. The van der Waals surface area contributed by atoms with Gasteiger partial charge in [0, 0.05) is 25.8 Å². The van der Waals surface area contributed by atoms with Gasteiger partial charge in [-0.2, -0.15) is 0 Å². The number of nitrogens with zero attached hydrogens (tertiary/aromatic N) is 3. The van der Waals surface area contributed by atoms with Crippen LogP contribution in [-0.4, -0.2) is 36.1 Å². The van der Waals surface area contributed by atoms with Crippen molar-refractivity contribution in [2.24, 2.45) is 4.99 Å². The third-order valence-electron chi connectivity index (χ3n) is 5.00. The van der Waals surface area contributed by atoms with E-state index in [2.05, 4.69) is 35.0 Å². The number of amides is 1. The number of thioether (sulfide) groups is 1. The van der Waals surface area contributed by atoms with Crippen molar-refractivity contribution in [3.05, 3.63) is 64.6 Å². The fourth-order valence-corrected chi connectivity index (χ4v) is 4.38. The molecule has 27 heavy (non-hydrogen) atoms. The molecule has 2 aliphatic rings. The van der Waals surface area contributed by atoms with Gasteiger partial charge in [-0.25, -0.2) is 4.99 Å². The SMILES string of the molecule is Cc1cc(N2CCCC2)ccc1/C=C1\SC(=Nc2ccccc2)N(C)C1=O. The zero-order valence-corrected chi connectivity index (χ0v) is 16.5. The second-order valence-corrected chi connectivity index (χ2v) is 7.95. The highest BCUT2D eigenvalue weighted by Gasteiger charge is 2.30. The maximum Gasteiger partial charge on any atom is 0.266 e.